The molecule has 1 N–H and O–H groups in total. The van der Waals surface area contributed by atoms with E-state index in [1.807, 2.05) is 26.2 Å². The third-order valence-corrected chi connectivity index (χ3v) is 4.92. The van der Waals surface area contributed by atoms with Gasteiger partial charge in [-0.15, -0.1) is 11.3 Å². The summed E-state index contributed by atoms with van der Waals surface area (Å²) in [7, 11) is 0. The second-order valence-electron chi connectivity index (χ2n) is 6.31. The van der Waals surface area contributed by atoms with Crippen LogP contribution in [0, 0.1) is 0 Å². The molecule has 5 nitrogen and oxygen atoms in total. The monoisotopic (exact) mass is 393 g/mol. The van der Waals surface area contributed by atoms with Crippen molar-refractivity contribution in [1.82, 2.24) is 19.9 Å². The Morgan fingerprint density at radius 2 is 1.85 bits per heavy atom. The average Bonchev–Trinajstić information content (AvgIpc) is 3.12. The van der Waals surface area contributed by atoms with Crippen LogP contribution in [0.3, 0.4) is 0 Å². The fourth-order valence-electron chi connectivity index (χ4n) is 2.34. The van der Waals surface area contributed by atoms with Crippen molar-refractivity contribution >= 4 is 17.2 Å². The number of rotatable bonds is 5. The van der Waals surface area contributed by atoms with Crippen LogP contribution in [0.15, 0.2) is 35.8 Å². The Labute approximate surface area is 158 Å². The molecule has 0 radical (unpaired) electrons. The number of halogens is 3. The number of alkyl halides is 3. The third kappa shape index (κ3) is 4.60. The number of hydrogen-bond acceptors (Lipinski definition) is 6. The van der Waals surface area contributed by atoms with E-state index in [4.69, 9.17) is 0 Å². The molecule has 0 unspecified atom stereocenters. The van der Waals surface area contributed by atoms with E-state index in [2.05, 4.69) is 25.3 Å². The maximum absolute atomic E-state index is 13.3. The number of thiazole rings is 1. The Morgan fingerprint density at radius 3 is 2.44 bits per heavy atom. The highest BCUT2D eigenvalue weighted by Gasteiger charge is 2.34. The first kappa shape index (κ1) is 19.2. The molecule has 3 aromatic rings. The van der Waals surface area contributed by atoms with Crippen LogP contribution < -0.4 is 5.32 Å². The number of nitrogens with one attached hydrogen (secondary N) is 1. The van der Waals surface area contributed by atoms with Gasteiger partial charge < -0.3 is 5.32 Å². The minimum atomic E-state index is -4.59. The van der Waals surface area contributed by atoms with E-state index in [0.717, 1.165) is 16.8 Å². The Bertz CT molecular complexity index is 909. The SMILES string of the molecule is CC(C)c1nc([C@H](C)Nc2cc(C(F)(F)F)nc(-c3ccccn3)n2)cs1. The highest BCUT2D eigenvalue weighted by molar-refractivity contribution is 7.09. The summed E-state index contributed by atoms with van der Waals surface area (Å²) in [6, 6.07) is 5.51. The lowest BCUT2D eigenvalue weighted by Crippen LogP contribution is -2.14. The summed E-state index contributed by atoms with van der Waals surface area (Å²) in [6.45, 7) is 5.91. The molecule has 3 aromatic heterocycles. The number of pyridine rings is 1. The van der Waals surface area contributed by atoms with E-state index in [-0.39, 0.29) is 23.4 Å². The van der Waals surface area contributed by atoms with Crippen LogP contribution in [0.2, 0.25) is 0 Å². The molecule has 1 atom stereocenters. The average molecular weight is 393 g/mol. The van der Waals surface area contributed by atoms with Gasteiger partial charge in [0.1, 0.15) is 11.5 Å². The molecule has 0 aliphatic rings. The van der Waals surface area contributed by atoms with Crippen molar-refractivity contribution in [2.24, 2.45) is 0 Å². The summed E-state index contributed by atoms with van der Waals surface area (Å²) in [5.74, 6) is 0.286. The molecule has 3 heterocycles. The van der Waals surface area contributed by atoms with Gasteiger partial charge in [-0.05, 0) is 19.1 Å². The second-order valence-corrected chi connectivity index (χ2v) is 7.20. The van der Waals surface area contributed by atoms with Crippen LogP contribution >= 0.6 is 11.3 Å². The summed E-state index contributed by atoms with van der Waals surface area (Å²) < 4.78 is 39.8. The number of hydrogen-bond donors (Lipinski definition) is 1. The zero-order valence-electron chi connectivity index (χ0n) is 14.9. The number of nitrogens with zero attached hydrogens (tertiary/aromatic N) is 4. The maximum Gasteiger partial charge on any atom is 0.433 e. The quantitative estimate of drug-likeness (QED) is 0.636. The molecule has 0 amide bonds. The minimum absolute atomic E-state index is 0.0737. The molecule has 0 aliphatic heterocycles. The van der Waals surface area contributed by atoms with Gasteiger partial charge in [-0.1, -0.05) is 19.9 Å². The van der Waals surface area contributed by atoms with Crippen LogP contribution in [-0.2, 0) is 6.18 Å². The van der Waals surface area contributed by atoms with Crippen LogP contribution in [0.1, 0.15) is 49.1 Å². The molecule has 0 saturated carbocycles. The first-order valence-electron chi connectivity index (χ1n) is 8.33. The lowest BCUT2D eigenvalue weighted by atomic mass is 10.2. The lowest BCUT2D eigenvalue weighted by Gasteiger charge is -2.15. The van der Waals surface area contributed by atoms with Gasteiger partial charge >= 0.3 is 6.18 Å². The molecule has 0 saturated heterocycles. The van der Waals surface area contributed by atoms with E-state index >= 15 is 0 Å². The smallest absolute Gasteiger partial charge is 0.362 e. The topological polar surface area (TPSA) is 63.6 Å². The first-order valence-corrected chi connectivity index (χ1v) is 9.21. The van der Waals surface area contributed by atoms with Crippen molar-refractivity contribution in [2.75, 3.05) is 5.32 Å². The van der Waals surface area contributed by atoms with Crippen molar-refractivity contribution in [3.05, 3.63) is 52.2 Å². The van der Waals surface area contributed by atoms with Crippen molar-refractivity contribution in [3.8, 4) is 11.5 Å². The molecule has 0 aliphatic carbocycles. The Kier molecular flexibility index (Phi) is 5.41. The predicted molar refractivity (Wildman–Crippen MR) is 98.5 cm³/mol. The van der Waals surface area contributed by atoms with Gasteiger partial charge in [0.2, 0.25) is 0 Å². The van der Waals surface area contributed by atoms with Crippen molar-refractivity contribution in [3.63, 3.8) is 0 Å². The fourth-order valence-corrected chi connectivity index (χ4v) is 3.27. The van der Waals surface area contributed by atoms with Gasteiger partial charge in [0.05, 0.1) is 16.7 Å². The predicted octanol–water partition coefficient (Wildman–Crippen LogP) is 5.31. The summed E-state index contributed by atoms with van der Waals surface area (Å²) in [6.07, 6.45) is -3.10. The summed E-state index contributed by atoms with van der Waals surface area (Å²) >= 11 is 1.53. The standard InChI is InChI=1S/C18H18F3N5S/c1-10(2)17-24-13(9-27-17)11(3)23-15-8-14(18(19,20)21)25-16(26-15)12-6-4-5-7-22-12/h4-11H,1-3H3,(H,23,25,26)/t11-/m0/s1. The van der Waals surface area contributed by atoms with Gasteiger partial charge in [-0.3, -0.25) is 4.98 Å². The molecule has 0 fully saturated rings. The Morgan fingerprint density at radius 1 is 1.07 bits per heavy atom. The summed E-state index contributed by atoms with van der Waals surface area (Å²) in [4.78, 5) is 16.4. The zero-order chi connectivity index (χ0) is 19.6. The lowest BCUT2D eigenvalue weighted by molar-refractivity contribution is -0.141. The van der Waals surface area contributed by atoms with Gasteiger partial charge in [0, 0.05) is 23.6 Å². The molecule has 0 spiro atoms. The van der Waals surface area contributed by atoms with Crippen molar-refractivity contribution < 1.29 is 13.2 Å². The minimum Gasteiger partial charge on any atom is -0.362 e. The summed E-state index contributed by atoms with van der Waals surface area (Å²) in [5.41, 5.74) is 0.0133. The molecule has 3 rings (SSSR count). The molecule has 0 bridgehead atoms. The summed E-state index contributed by atoms with van der Waals surface area (Å²) in [5, 5.41) is 5.88. The van der Waals surface area contributed by atoms with Crippen LogP contribution in [0.5, 0.6) is 0 Å². The van der Waals surface area contributed by atoms with E-state index in [0.29, 0.717) is 5.92 Å². The first-order chi connectivity index (χ1) is 12.7. The van der Waals surface area contributed by atoms with Crippen LogP contribution in [-0.4, -0.2) is 19.9 Å². The van der Waals surface area contributed by atoms with E-state index in [1.54, 1.807) is 18.2 Å². The van der Waals surface area contributed by atoms with E-state index in [9.17, 15) is 13.2 Å². The van der Waals surface area contributed by atoms with Gasteiger partial charge in [0.15, 0.2) is 11.5 Å². The van der Waals surface area contributed by atoms with Crippen LogP contribution in [0.25, 0.3) is 11.5 Å². The molecule has 0 aromatic carbocycles. The maximum atomic E-state index is 13.3. The van der Waals surface area contributed by atoms with Crippen molar-refractivity contribution in [1.29, 1.82) is 0 Å². The Balaban J connectivity index is 1.94. The Hall–Kier alpha value is -2.55. The normalized spacial score (nSPS) is 13.0. The zero-order valence-corrected chi connectivity index (χ0v) is 15.8. The van der Waals surface area contributed by atoms with Crippen molar-refractivity contribution in [2.45, 2.75) is 38.9 Å². The van der Waals surface area contributed by atoms with Gasteiger partial charge in [0.25, 0.3) is 0 Å². The fraction of sp³-hybridized carbons (Fsp3) is 0.333. The third-order valence-electron chi connectivity index (χ3n) is 3.75. The van der Waals surface area contributed by atoms with E-state index in [1.165, 1.54) is 17.5 Å². The van der Waals surface area contributed by atoms with Gasteiger partial charge in [-0.2, -0.15) is 13.2 Å². The molecule has 142 valence electrons. The largest absolute Gasteiger partial charge is 0.433 e. The molecular weight excluding hydrogens is 375 g/mol. The van der Waals surface area contributed by atoms with E-state index < -0.39 is 11.9 Å². The highest BCUT2D eigenvalue weighted by atomic mass is 32.1. The van der Waals surface area contributed by atoms with Crippen LogP contribution in [0.4, 0.5) is 19.0 Å². The highest BCUT2D eigenvalue weighted by Crippen LogP contribution is 2.31. The van der Waals surface area contributed by atoms with Gasteiger partial charge in [-0.25, -0.2) is 15.0 Å². The number of anilines is 1. The molecule has 27 heavy (non-hydrogen) atoms. The molecular formula is C18H18F3N5S. The molecule has 9 heteroatoms. The number of aromatic nitrogens is 4. The second kappa shape index (κ2) is 7.59.